The van der Waals surface area contributed by atoms with Crippen LogP contribution < -0.4 is 15.8 Å². The van der Waals surface area contributed by atoms with Gasteiger partial charge in [0.2, 0.25) is 15.9 Å². The third kappa shape index (κ3) is 6.52. The summed E-state index contributed by atoms with van der Waals surface area (Å²) in [6.45, 7) is 6.99. The van der Waals surface area contributed by atoms with Crippen molar-refractivity contribution >= 4 is 51.3 Å². The number of hydrogen-bond acceptors (Lipinski definition) is 6. The smallest absolute Gasteiger partial charge is 0.247 e. The second-order valence-electron chi connectivity index (χ2n) is 6.41. The number of primary sulfonamides is 1. The minimum atomic E-state index is -3.66. The average Bonchev–Trinajstić information content (AvgIpc) is 3.15. The van der Waals surface area contributed by atoms with Crippen LogP contribution in [0.15, 0.2) is 31.9 Å². The molecule has 26 heavy (non-hydrogen) atoms. The van der Waals surface area contributed by atoms with Crippen LogP contribution in [0.4, 0.5) is 0 Å². The number of rotatable bonds is 5. The Morgan fingerprint density at radius 3 is 2.46 bits per heavy atom. The van der Waals surface area contributed by atoms with Crippen LogP contribution in [0.3, 0.4) is 0 Å². The Hall–Kier alpha value is -1.18. The van der Waals surface area contributed by atoms with E-state index >= 15 is 0 Å². The van der Waals surface area contributed by atoms with Gasteiger partial charge in [0, 0.05) is 17.3 Å². The number of nitrogens with zero attached hydrogens (tertiary/aromatic N) is 2. The first-order valence-corrected chi connectivity index (χ1v) is 9.97. The fraction of sp³-hybridized carbons (Fsp3) is 0.467. The second-order valence-corrected chi connectivity index (χ2v) is 9.37. The van der Waals surface area contributed by atoms with Crippen molar-refractivity contribution in [3.8, 4) is 0 Å². The largest absolute Gasteiger partial charge is 0.443 e. The van der Waals surface area contributed by atoms with Crippen molar-refractivity contribution in [2.24, 2.45) is 10.1 Å². The minimum Gasteiger partial charge on any atom is -0.443 e. The van der Waals surface area contributed by atoms with E-state index in [0.717, 1.165) is 22.0 Å². The number of oxazole rings is 1. The highest BCUT2D eigenvalue weighted by Gasteiger charge is 2.19. The molecular weight excluding hydrogens is 489 g/mol. The quantitative estimate of drug-likeness (QED) is 0.320. The van der Waals surface area contributed by atoms with Crippen molar-refractivity contribution in [3.05, 3.63) is 34.9 Å². The SMILES string of the molecule is CN=C(NCc1ncc(C(C)(C)C)o1)NCc1ccc(S(N)(=O)=O)s1.I. The summed E-state index contributed by atoms with van der Waals surface area (Å²) in [5.41, 5.74) is -0.0919. The average molecular weight is 513 g/mol. The number of hydrogen-bond donors (Lipinski definition) is 3. The Balaban J connectivity index is 0.00000338. The lowest BCUT2D eigenvalue weighted by Gasteiger charge is -2.13. The van der Waals surface area contributed by atoms with Gasteiger partial charge in [0.05, 0.1) is 19.3 Å². The molecule has 146 valence electrons. The Morgan fingerprint density at radius 1 is 1.31 bits per heavy atom. The highest BCUT2D eigenvalue weighted by Crippen LogP contribution is 2.22. The van der Waals surface area contributed by atoms with Crippen molar-refractivity contribution in [3.63, 3.8) is 0 Å². The number of aromatic nitrogens is 1. The summed E-state index contributed by atoms with van der Waals surface area (Å²) in [4.78, 5) is 9.19. The Morgan fingerprint density at radius 2 is 1.96 bits per heavy atom. The van der Waals surface area contributed by atoms with Gasteiger partial charge in [-0.25, -0.2) is 18.5 Å². The van der Waals surface area contributed by atoms with Crippen LogP contribution in [0, 0.1) is 0 Å². The van der Waals surface area contributed by atoms with Gasteiger partial charge in [-0.3, -0.25) is 4.99 Å². The predicted octanol–water partition coefficient (Wildman–Crippen LogP) is 2.16. The van der Waals surface area contributed by atoms with Crippen molar-refractivity contribution in [1.29, 1.82) is 0 Å². The molecule has 2 heterocycles. The summed E-state index contributed by atoms with van der Waals surface area (Å²) < 4.78 is 28.4. The van der Waals surface area contributed by atoms with E-state index < -0.39 is 10.0 Å². The van der Waals surface area contributed by atoms with Crippen molar-refractivity contribution in [2.45, 2.75) is 43.5 Å². The van der Waals surface area contributed by atoms with E-state index in [-0.39, 0.29) is 33.6 Å². The number of aliphatic imine (C=N–C) groups is 1. The van der Waals surface area contributed by atoms with Gasteiger partial charge >= 0.3 is 0 Å². The van der Waals surface area contributed by atoms with Crippen LogP contribution in [-0.4, -0.2) is 26.4 Å². The molecular formula is C15H24IN5O3S2. The third-order valence-electron chi connectivity index (χ3n) is 3.27. The predicted molar refractivity (Wildman–Crippen MR) is 113 cm³/mol. The maximum atomic E-state index is 11.3. The van der Waals surface area contributed by atoms with Crippen LogP contribution in [-0.2, 0) is 28.5 Å². The molecule has 0 bridgehead atoms. The molecule has 0 amide bonds. The zero-order chi connectivity index (χ0) is 18.7. The highest BCUT2D eigenvalue weighted by molar-refractivity contribution is 14.0. The van der Waals surface area contributed by atoms with Gasteiger partial charge in [-0.05, 0) is 12.1 Å². The highest BCUT2D eigenvalue weighted by atomic mass is 127. The molecule has 0 aliphatic carbocycles. The first-order valence-electron chi connectivity index (χ1n) is 7.61. The molecule has 2 aromatic heterocycles. The molecule has 0 unspecified atom stereocenters. The summed E-state index contributed by atoms with van der Waals surface area (Å²) in [6.07, 6.45) is 1.73. The maximum absolute atomic E-state index is 11.3. The zero-order valence-electron chi connectivity index (χ0n) is 15.1. The number of nitrogens with one attached hydrogen (secondary N) is 2. The maximum Gasteiger partial charge on any atom is 0.247 e. The first kappa shape index (κ1) is 22.9. The molecule has 2 aromatic rings. The molecule has 0 saturated carbocycles. The molecule has 0 aromatic carbocycles. The Bertz CT molecular complexity index is 853. The molecule has 0 aliphatic heterocycles. The van der Waals surface area contributed by atoms with Crippen molar-refractivity contribution in [1.82, 2.24) is 15.6 Å². The third-order valence-corrected chi connectivity index (χ3v) is 5.79. The molecule has 2 rings (SSSR count). The summed E-state index contributed by atoms with van der Waals surface area (Å²) in [5, 5.41) is 11.3. The summed E-state index contributed by atoms with van der Waals surface area (Å²) in [6, 6.07) is 3.21. The molecule has 0 saturated heterocycles. The van der Waals surface area contributed by atoms with Crippen LogP contribution in [0.25, 0.3) is 0 Å². The van der Waals surface area contributed by atoms with Crippen molar-refractivity contribution < 1.29 is 12.8 Å². The van der Waals surface area contributed by atoms with Gasteiger partial charge in [0.25, 0.3) is 0 Å². The van der Waals surface area contributed by atoms with E-state index in [2.05, 4.69) is 41.4 Å². The topological polar surface area (TPSA) is 123 Å². The number of sulfonamides is 1. The molecule has 0 spiro atoms. The summed E-state index contributed by atoms with van der Waals surface area (Å²) in [5.74, 6) is 1.95. The van der Waals surface area contributed by atoms with Gasteiger partial charge < -0.3 is 15.1 Å². The normalized spacial score (nSPS) is 12.6. The molecule has 0 radical (unpaired) electrons. The molecule has 8 nitrogen and oxygen atoms in total. The van der Waals surface area contributed by atoms with E-state index in [9.17, 15) is 8.42 Å². The fourth-order valence-corrected chi connectivity index (χ4v) is 3.61. The van der Waals surface area contributed by atoms with E-state index in [4.69, 9.17) is 9.56 Å². The molecule has 0 aliphatic rings. The van der Waals surface area contributed by atoms with E-state index in [0.29, 0.717) is 24.9 Å². The monoisotopic (exact) mass is 513 g/mol. The lowest BCUT2D eigenvalue weighted by atomic mass is 9.94. The number of guanidine groups is 1. The number of thiophene rings is 1. The summed E-state index contributed by atoms with van der Waals surface area (Å²) >= 11 is 1.12. The van der Waals surface area contributed by atoms with Crippen LogP contribution in [0.5, 0.6) is 0 Å². The van der Waals surface area contributed by atoms with Crippen LogP contribution in [0.2, 0.25) is 0 Å². The van der Waals surface area contributed by atoms with Crippen LogP contribution in [0.1, 0.15) is 37.3 Å². The van der Waals surface area contributed by atoms with Crippen LogP contribution >= 0.6 is 35.3 Å². The van der Waals surface area contributed by atoms with E-state index in [1.165, 1.54) is 6.07 Å². The van der Waals surface area contributed by atoms with E-state index in [1.807, 2.05) is 0 Å². The molecule has 0 atom stereocenters. The minimum absolute atomic E-state index is 0. The molecule has 0 fully saturated rings. The lowest BCUT2D eigenvalue weighted by molar-refractivity contribution is 0.379. The Kier molecular flexibility index (Phi) is 8.04. The van der Waals surface area contributed by atoms with Gasteiger partial charge in [-0.2, -0.15) is 0 Å². The summed E-state index contributed by atoms with van der Waals surface area (Å²) in [7, 11) is -2.01. The van der Waals surface area contributed by atoms with Crippen molar-refractivity contribution in [2.75, 3.05) is 7.05 Å². The van der Waals surface area contributed by atoms with Gasteiger partial charge in [-0.1, -0.05) is 20.8 Å². The Labute approximate surface area is 174 Å². The standard InChI is InChI=1S/C15H23N5O3S2.HI/c1-15(2,3)11-8-18-12(23-11)9-20-14(17-4)19-7-10-5-6-13(24-10)25(16,21)22;/h5-6,8H,7,9H2,1-4H3,(H2,16,21,22)(H2,17,19,20);1H. The number of nitrogens with two attached hydrogens (primary N) is 1. The number of halogens is 1. The fourth-order valence-electron chi connectivity index (χ4n) is 1.90. The molecule has 11 heteroatoms. The second kappa shape index (κ2) is 9.15. The van der Waals surface area contributed by atoms with E-state index in [1.54, 1.807) is 19.3 Å². The zero-order valence-corrected chi connectivity index (χ0v) is 19.0. The molecule has 4 N–H and O–H groups in total. The van der Waals surface area contributed by atoms with Gasteiger partial charge in [0.15, 0.2) is 5.96 Å². The lowest BCUT2D eigenvalue weighted by Crippen LogP contribution is -2.36. The first-order chi connectivity index (χ1) is 11.6. The van der Waals surface area contributed by atoms with Gasteiger partial charge in [0.1, 0.15) is 9.97 Å². The van der Waals surface area contributed by atoms with Gasteiger partial charge in [-0.15, -0.1) is 35.3 Å².